The fourth-order valence-corrected chi connectivity index (χ4v) is 7.11. The number of benzene rings is 4. The molecule has 0 aliphatic carbocycles. The third-order valence-electron chi connectivity index (χ3n) is 9.72. The fourth-order valence-electron chi connectivity index (χ4n) is 7.11. The Bertz CT molecular complexity index is 1600. The van der Waals surface area contributed by atoms with Gasteiger partial charge in [-0.05, 0) is 16.7 Å². The number of aliphatic hydroxyl groups is 4. The molecule has 0 unspecified atom stereocenters. The topological polar surface area (TPSA) is 146 Å². The molecular formula is C41H44O11. The summed E-state index contributed by atoms with van der Waals surface area (Å²) in [6.45, 7) is 3.58. The molecule has 0 aromatic heterocycles. The quantitative estimate of drug-likeness (QED) is 0.126. The second-order valence-corrected chi connectivity index (χ2v) is 13.0. The number of hydrogen-bond acceptors (Lipinski definition) is 11. The van der Waals surface area contributed by atoms with Crippen LogP contribution in [0.2, 0.25) is 0 Å². The van der Waals surface area contributed by atoms with Crippen LogP contribution in [0.15, 0.2) is 134 Å². The van der Waals surface area contributed by atoms with Crippen LogP contribution in [-0.4, -0.2) is 102 Å². The minimum absolute atomic E-state index is 0.0396. The number of aliphatic hydroxyl groups excluding tert-OH is 4. The molecule has 7 rings (SSSR count). The molecule has 0 saturated carbocycles. The Morgan fingerprint density at radius 1 is 0.654 bits per heavy atom. The van der Waals surface area contributed by atoms with Gasteiger partial charge in [-0.2, -0.15) is 0 Å². The van der Waals surface area contributed by atoms with E-state index in [-0.39, 0.29) is 19.8 Å². The first-order chi connectivity index (χ1) is 25.4. The summed E-state index contributed by atoms with van der Waals surface area (Å²) in [7, 11) is 0. The average molecular weight is 713 g/mol. The molecule has 11 nitrogen and oxygen atoms in total. The van der Waals surface area contributed by atoms with E-state index < -0.39 is 73.3 Å². The van der Waals surface area contributed by atoms with Crippen molar-refractivity contribution >= 4 is 0 Å². The molecule has 0 amide bonds. The molecule has 0 radical (unpaired) electrons. The van der Waals surface area contributed by atoms with Crippen LogP contribution in [-0.2, 0) is 38.8 Å². The van der Waals surface area contributed by atoms with Crippen molar-refractivity contribution in [2.45, 2.75) is 73.3 Å². The Balaban J connectivity index is 1.18. The van der Waals surface area contributed by atoms with E-state index >= 15 is 0 Å². The molecule has 3 fully saturated rings. The molecule has 3 aliphatic rings. The summed E-state index contributed by atoms with van der Waals surface area (Å²) in [5, 5.41) is 45.3. The van der Waals surface area contributed by atoms with Crippen molar-refractivity contribution in [2.24, 2.45) is 0 Å². The molecule has 274 valence electrons. The van der Waals surface area contributed by atoms with Crippen molar-refractivity contribution in [3.63, 3.8) is 0 Å². The van der Waals surface area contributed by atoms with Crippen LogP contribution in [0.5, 0.6) is 0 Å². The summed E-state index contributed by atoms with van der Waals surface area (Å²) < 4.78 is 43.3. The van der Waals surface area contributed by atoms with Crippen molar-refractivity contribution in [3.05, 3.63) is 156 Å². The van der Waals surface area contributed by atoms with E-state index in [2.05, 4.69) is 6.58 Å². The summed E-state index contributed by atoms with van der Waals surface area (Å²) in [6.07, 6.45) is -12.2. The van der Waals surface area contributed by atoms with Gasteiger partial charge in [0.2, 0.25) is 0 Å². The van der Waals surface area contributed by atoms with Crippen LogP contribution >= 0.6 is 0 Å². The van der Waals surface area contributed by atoms with Crippen molar-refractivity contribution < 1.29 is 53.6 Å². The van der Waals surface area contributed by atoms with Crippen LogP contribution < -0.4 is 0 Å². The first-order valence-corrected chi connectivity index (χ1v) is 17.4. The van der Waals surface area contributed by atoms with Gasteiger partial charge >= 0.3 is 0 Å². The SMILES string of the molecule is C=CCO[C@@H]1O[C@H](COC(c2ccccc2)(c2ccccc2)c2ccccc2)[C@@H](O[C@@H]2O[C@@H]3CO[C@@H](c4ccccc4)O[C@@H]3[C@H](O)[C@H]2O)[C@H](O)[C@H]1O. The number of hydrogen-bond donors (Lipinski definition) is 4. The van der Waals surface area contributed by atoms with Crippen LogP contribution in [0.3, 0.4) is 0 Å². The van der Waals surface area contributed by atoms with Crippen LogP contribution in [0, 0.1) is 0 Å². The van der Waals surface area contributed by atoms with E-state index in [1.165, 1.54) is 6.08 Å². The van der Waals surface area contributed by atoms with E-state index in [4.69, 9.17) is 33.2 Å². The molecule has 3 saturated heterocycles. The molecule has 4 N–H and O–H groups in total. The smallest absolute Gasteiger partial charge is 0.187 e. The van der Waals surface area contributed by atoms with Gasteiger partial charge in [0, 0.05) is 5.56 Å². The highest BCUT2D eigenvalue weighted by molar-refractivity contribution is 5.47. The van der Waals surface area contributed by atoms with Crippen LogP contribution in [0.4, 0.5) is 0 Å². The van der Waals surface area contributed by atoms with E-state index in [1.807, 2.05) is 121 Å². The van der Waals surface area contributed by atoms with Crippen LogP contribution in [0.25, 0.3) is 0 Å². The average Bonchev–Trinajstić information content (AvgIpc) is 3.20. The Morgan fingerprint density at radius 3 is 1.75 bits per heavy atom. The lowest BCUT2D eigenvalue weighted by Gasteiger charge is -2.49. The lowest BCUT2D eigenvalue weighted by molar-refractivity contribution is -0.386. The predicted octanol–water partition coefficient (Wildman–Crippen LogP) is 3.59. The molecule has 3 aliphatic heterocycles. The second-order valence-electron chi connectivity index (χ2n) is 13.0. The maximum absolute atomic E-state index is 11.6. The summed E-state index contributed by atoms with van der Waals surface area (Å²) in [6, 6.07) is 38.5. The highest BCUT2D eigenvalue weighted by Gasteiger charge is 2.53. The Labute approximate surface area is 302 Å². The number of fused-ring (bicyclic) bond motifs is 1. The van der Waals surface area contributed by atoms with E-state index in [1.54, 1.807) is 0 Å². The number of rotatable bonds is 12. The normalized spacial score (nSPS) is 32.1. The van der Waals surface area contributed by atoms with E-state index in [0.717, 1.165) is 22.3 Å². The van der Waals surface area contributed by atoms with Gasteiger partial charge in [-0.1, -0.05) is 127 Å². The standard InChI is InChI=1S/C41H44O11/c1-2-23-46-39-34(44)32(42)37(52-40-35(45)33(43)36-30(50-40)24-47-38(51-36)26-15-7-3-8-16-26)31(49-39)25-48-41(27-17-9-4-10-18-27,28-19-11-5-12-20-28)29-21-13-6-14-22-29/h2-22,30-40,42-45H,1,23-25H2/t30-,31-,32-,33-,34-,35-,36+,37-,38-,39-,40+/m1/s1. The van der Waals surface area contributed by atoms with Gasteiger partial charge in [-0.3, -0.25) is 0 Å². The van der Waals surface area contributed by atoms with E-state index in [0.29, 0.717) is 0 Å². The molecule has 52 heavy (non-hydrogen) atoms. The molecule has 11 atom stereocenters. The minimum Gasteiger partial charge on any atom is -0.387 e. The maximum Gasteiger partial charge on any atom is 0.187 e. The zero-order valence-electron chi connectivity index (χ0n) is 28.5. The molecule has 0 bridgehead atoms. The van der Waals surface area contributed by atoms with Crippen molar-refractivity contribution in [2.75, 3.05) is 19.8 Å². The Kier molecular flexibility index (Phi) is 11.6. The maximum atomic E-state index is 11.6. The first kappa shape index (κ1) is 36.5. The van der Waals surface area contributed by atoms with Crippen molar-refractivity contribution in [1.82, 2.24) is 0 Å². The lowest BCUT2D eigenvalue weighted by Crippen LogP contribution is -2.66. The summed E-state index contributed by atoms with van der Waals surface area (Å²) in [5.74, 6) is 0. The monoisotopic (exact) mass is 712 g/mol. The zero-order chi connectivity index (χ0) is 36.1. The van der Waals surface area contributed by atoms with Gasteiger partial charge in [-0.15, -0.1) is 6.58 Å². The third kappa shape index (κ3) is 7.36. The van der Waals surface area contributed by atoms with Gasteiger partial charge in [-0.25, -0.2) is 0 Å². The molecular weight excluding hydrogens is 668 g/mol. The van der Waals surface area contributed by atoms with Gasteiger partial charge in [0.05, 0.1) is 19.8 Å². The molecule has 0 spiro atoms. The first-order valence-electron chi connectivity index (χ1n) is 17.4. The van der Waals surface area contributed by atoms with Gasteiger partial charge < -0.3 is 53.6 Å². The minimum atomic E-state index is -1.59. The molecule has 3 heterocycles. The van der Waals surface area contributed by atoms with Crippen molar-refractivity contribution in [3.8, 4) is 0 Å². The van der Waals surface area contributed by atoms with Crippen molar-refractivity contribution in [1.29, 1.82) is 0 Å². The summed E-state index contributed by atoms with van der Waals surface area (Å²) in [5.41, 5.74) is 2.13. The van der Waals surface area contributed by atoms with Gasteiger partial charge in [0.15, 0.2) is 18.9 Å². The lowest BCUT2D eigenvalue weighted by atomic mass is 9.80. The zero-order valence-corrected chi connectivity index (χ0v) is 28.5. The predicted molar refractivity (Wildman–Crippen MR) is 188 cm³/mol. The third-order valence-corrected chi connectivity index (χ3v) is 9.72. The highest BCUT2D eigenvalue weighted by atomic mass is 16.8. The highest BCUT2D eigenvalue weighted by Crippen LogP contribution is 2.42. The Hall–Kier alpha value is -3.82. The summed E-state index contributed by atoms with van der Waals surface area (Å²) >= 11 is 0. The van der Waals surface area contributed by atoms with E-state index in [9.17, 15) is 20.4 Å². The molecule has 11 heteroatoms. The fraction of sp³-hybridized carbons (Fsp3) is 0.366. The largest absolute Gasteiger partial charge is 0.387 e. The Morgan fingerprint density at radius 2 is 1.19 bits per heavy atom. The van der Waals surface area contributed by atoms with Crippen LogP contribution in [0.1, 0.15) is 28.5 Å². The molecule has 4 aromatic carbocycles. The summed E-state index contributed by atoms with van der Waals surface area (Å²) in [4.78, 5) is 0. The van der Waals surface area contributed by atoms with Gasteiger partial charge in [0.1, 0.15) is 54.4 Å². The second kappa shape index (κ2) is 16.5. The number of ether oxygens (including phenoxy) is 7. The molecule has 4 aromatic rings. The van der Waals surface area contributed by atoms with Gasteiger partial charge in [0.25, 0.3) is 0 Å².